The zero-order valence-electron chi connectivity index (χ0n) is 18.9. The first-order valence-electron chi connectivity index (χ1n) is 10.9. The van der Waals surface area contributed by atoms with Gasteiger partial charge in [0, 0.05) is 17.8 Å². The highest BCUT2D eigenvalue weighted by atomic mass is 32.2. The van der Waals surface area contributed by atoms with Crippen LogP contribution in [0.2, 0.25) is 0 Å². The summed E-state index contributed by atoms with van der Waals surface area (Å²) in [5, 5.41) is 3.83. The van der Waals surface area contributed by atoms with E-state index >= 15 is 0 Å². The summed E-state index contributed by atoms with van der Waals surface area (Å²) in [6.45, 7) is 1.99. The largest absolute Gasteiger partial charge is 0.349 e. The number of thiophene rings is 1. The summed E-state index contributed by atoms with van der Waals surface area (Å²) in [5.41, 5.74) is 1.69. The second-order valence-corrected chi connectivity index (χ2v) is 11.2. The Hall–Kier alpha value is -3.23. The minimum Gasteiger partial charge on any atom is -0.349 e. The van der Waals surface area contributed by atoms with Crippen LogP contribution in [0.3, 0.4) is 0 Å². The normalized spacial score (nSPS) is 12.4. The Morgan fingerprint density at radius 2 is 1.74 bits per heavy atom. The van der Waals surface area contributed by atoms with Gasteiger partial charge in [0.05, 0.1) is 15.5 Å². The van der Waals surface area contributed by atoms with E-state index in [1.165, 1.54) is 36.1 Å². The van der Waals surface area contributed by atoms with E-state index in [9.17, 15) is 17.6 Å². The number of carbonyl (C=O) groups is 1. The second-order valence-electron chi connectivity index (χ2n) is 8.16. The maximum Gasteiger partial charge on any atom is 0.264 e. The van der Waals surface area contributed by atoms with Crippen molar-refractivity contribution in [1.82, 2.24) is 5.32 Å². The zero-order chi connectivity index (χ0) is 24.3. The molecule has 0 bridgehead atoms. The van der Waals surface area contributed by atoms with Gasteiger partial charge in [-0.3, -0.25) is 9.10 Å². The summed E-state index contributed by atoms with van der Waals surface area (Å²) in [5.74, 6) is -0.642. The Balaban J connectivity index is 1.47. The van der Waals surface area contributed by atoms with Crippen molar-refractivity contribution in [2.75, 3.05) is 11.4 Å². The van der Waals surface area contributed by atoms with Gasteiger partial charge in [-0.2, -0.15) is 0 Å². The van der Waals surface area contributed by atoms with Crippen molar-refractivity contribution in [2.45, 2.75) is 30.7 Å². The molecular weight excluding hydrogens is 471 g/mol. The van der Waals surface area contributed by atoms with Crippen molar-refractivity contribution in [3.8, 4) is 0 Å². The van der Waals surface area contributed by atoms with Crippen LogP contribution in [-0.4, -0.2) is 27.4 Å². The highest BCUT2D eigenvalue weighted by Gasteiger charge is 2.22. The van der Waals surface area contributed by atoms with E-state index in [1.54, 1.807) is 18.2 Å². The van der Waals surface area contributed by atoms with Gasteiger partial charge in [0.2, 0.25) is 0 Å². The number of amides is 1. The molecule has 4 rings (SSSR count). The molecule has 0 unspecified atom stereocenters. The third-order valence-corrected chi connectivity index (χ3v) is 8.56. The number of anilines is 1. The van der Waals surface area contributed by atoms with Crippen LogP contribution in [0.4, 0.5) is 10.1 Å². The SMILES string of the molecule is C[C@@H](CCc1ccccc1)NC(=O)c1cc2cc(N(C)S(=O)(=O)c3ccc(F)cc3)ccc2s1. The van der Waals surface area contributed by atoms with E-state index in [4.69, 9.17) is 0 Å². The van der Waals surface area contributed by atoms with E-state index < -0.39 is 15.8 Å². The number of nitrogens with zero attached hydrogens (tertiary/aromatic N) is 1. The Bertz CT molecular complexity index is 1400. The molecule has 0 aliphatic heterocycles. The van der Waals surface area contributed by atoms with Crippen molar-refractivity contribution in [3.63, 3.8) is 0 Å². The van der Waals surface area contributed by atoms with E-state index in [1.807, 2.05) is 31.2 Å². The number of sulfonamides is 1. The van der Waals surface area contributed by atoms with Gasteiger partial charge >= 0.3 is 0 Å². The molecule has 0 aliphatic rings. The molecule has 0 saturated heterocycles. The van der Waals surface area contributed by atoms with Crippen LogP contribution >= 0.6 is 11.3 Å². The molecule has 1 atom stereocenters. The van der Waals surface area contributed by atoms with Gasteiger partial charge in [-0.15, -0.1) is 11.3 Å². The molecule has 1 N–H and O–H groups in total. The number of nitrogens with one attached hydrogen (secondary N) is 1. The fourth-order valence-corrected chi connectivity index (χ4v) is 5.77. The number of fused-ring (bicyclic) bond motifs is 1. The molecule has 1 aromatic heterocycles. The molecule has 1 amide bonds. The summed E-state index contributed by atoms with van der Waals surface area (Å²) < 4.78 is 41.1. The highest BCUT2D eigenvalue weighted by Crippen LogP contribution is 2.31. The van der Waals surface area contributed by atoms with Gasteiger partial charge in [0.1, 0.15) is 5.82 Å². The van der Waals surface area contributed by atoms with E-state index in [0.717, 1.165) is 39.4 Å². The molecule has 0 saturated carbocycles. The summed E-state index contributed by atoms with van der Waals surface area (Å²) in [7, 11) is -2.39. The maximum absolute atomic E-state index is 13.2. The van der Waals surface area contributed by atoms with Crippen LogP contribution in [0.15, 0.2) is 83.8 Å². The summed E-state index contributed by atoms with van der Waals surface area (Å²) in [4.78, 5) is 13.4. The standard InChI is InChI=1S/C26H25FN2O3S2/c1-18(8-9-19-6-4-3-5-7-19)28-26(30)25-17-20-16-22(12-15-24(20)33-25)29(2)34(31,32)23-13-10-21(27)11-14-23/h3-7,10-18H,8-9H2,1-2H3,(H,28,30)/t18-/m0/s1. The molecule has 1 heterocycles. The molecule has 0 radical (unpaired) electrons. The molecule has 8 heteroatoms. The van der Waals surface area contributed by atoms with Crippen LogP contribution < -0.4 is 9.62 Å². The van der Waals surface area contributed by atoms with Gasteiger partial charge in [-0.1, -0.05) is 30.3 Å². The van der Waals surface area contributed by atoms with E-state index in [2.05, 4.69) is 17.4 Å². The van der Waals surface area contributed by atoms with Gasteiger partial charge in [0.15, 0.2) is 0 Å². The number of hydrogen-bond donors (Lipinski definition) is 1. The third kappa shape index (κ3) is 5.29. The molecule has 0 spiro atoms. The number of halogens is 1. The van der Waals surface area contributed by atoms with E-state index in [-0.39, 0.29) is 16.8 Å². The molecule has 5 nitrogen and oxygen atoms in total. The monoisotopic (exact) mass is 496 g/mol. The lowest BCUT2D eigenvalue weighted by atomic mass is 10.1. The minimum absolute atomic E-state index is 0.00590. The summed E-state index contributed by atoms with van der Waals surface area (Å²) in [6, 6.07) is 21.9. The van der Waals surface area contributed by atoms with Crippen molar-refractivity contribution in [1.29, 1.82) is 0 Å². The van der Waals surface area contributed by atoms with Gasteiger partial charge in [0.25, 0.3) is 15.9 Å². The van der Waals surface area contributed by atoms with Gasteiger partial charge < -0.3 is 5.32 Å². The van der Waals surface area contributed by atoms with Crippen molar-refractivity contribution in [2.24, 2.45) is 0 Å². The quantitative estimate of drug-likeness (QED) is 0.344. The Kier molecular flexibility index (Phi) is 7.00. The lowest BCUT2D eigenvalue weighted by molar-refractivity contribution is 0.0942. The number of rotatable bonds is 8. The number of aryl methyl sites for hydroxylation is 1. The predicted octanol–water partition coefficient (Wildman–Crippen LogP) is 5.62. The van der Waals surface area contributed by atoms with Crippen LogP contribution in [0.1, 0.15) is 28.6 Å². The van der Waals surface area contributed by atoms with Crippen LogP contribution in [0, 0.1) is 5.82 Å². The smallest absolute Gasteiger partial charge is 0.264 e. The molecule has 176 valence electrons. The molecule has 0 fully saturated rings. The first-order valence-corrected chi connectivity index (χ1v) is 13.1. The average Bonchev–Trinajstić information content (AvgIpc) is 3.27. The fourth-order valence-electron chi connectivity index (χ4n) is 3.64. The first-order chi connectivity index (χ1) is 16.2. The summed E-state index contributed by atoms with van der Waals surface area (Å²) in [6.07, 6.45) is 1.71. The molecule has 0 aliphatic carbocycles. The number of carbonyl (C=O) groups excluding carboxylic acids is 1. The first kappa shape index (κ1) is 23.9. The second kappa shape index (κ2) is 9.95. The van der Waals surface area contributed by atoms with Crippen molar-refractivity contribution >= 4 is 43.0 Å². The third-order valence-electron chi connectivity index (χ3n) is 5.65. The summed E-state index contributed by atoms with van der Waals surface area (Å²) >= 11 is 1.37. The lowest BCUT2D eigenvalue weighted by Crippen LogP contribution is -2.32. The van der Waals surface area contributed by atoms with Crippen LogP contribution in [-0.2, 0) is 16.4 Å². The lowest BCUT2D eigenvalue weighted by Gasteiger charge is -2.19. The molecular formula is C26H25FN2O3S2. The molecule has 4 aromatic rings. The van der Waals surface area contributed by atoms with Crippen molar-refractivity contribution in [3.05, 3.63) is 95.1 Å². The minimum atomic E-state index is -3.84. The molecule has 3 aromatic carbocycles. The number of hydrogen-bond acceptors (Lipinski definition) is 4. The predicted molar refractivity (Wildman–Crippen MR) is 136 cm³/mol. The fraction of sp³-hybridized carbons (Fsp3) is 0.192. The van der Waals surface area contributed by atoms with Crippen molar-refractivity contribution < 1.29 is 17.6 Å². The number of benzene rings is 3. The molecule has 34 heavy (non-hydrogen) atoms. The van der Waals surface area contributed by atoms with Gasteiger partial charge in [-0.25, -0.2) is 12.8 Å². The highest BCUT2D eigenvalue weighted by molar-refractivity contribution is 7.92. The zero-order valence-corrected chi connectivity index (χ0v) is 20.5. The Morgan fingerprint density at radius 3 is 2.44 bits per heavy atom. The van der Waals surface area contributed by atoms with Crippen LogP contribution in [0.25, 0.3) is 10.1 Å². The topological polar surface area (TPSA) is 66.5 Å². The van der Waals surface area contributed by atoms with Crippen LogP contribution in [0.5, 0.6) is 0 Å². The maximum atomic E-state index is 13.2. The van der Waals surface area contributed by atoms with E-state index in [0.29, 0.717) is 10.6 Å². The Labute approximate surface area is 202 Å². The Morgan fingerprint density at radius 1 is 1.03 bits per heavy atom. The average molecular weight is 497 g/mol. The van der Waals surface area contributed by atoms with Gasteiger partial charge in [-0.05, 0) is 79.2 Å².